The van der Waals surface area contributed by atoms with E-state index in [1.807, 2.05) is 54.6 Å². The zero-order valence-electron chi connectivity index (χ0n) is 15.7. The Balaban J connectivity index is 1.64. The summed E-state index contributed by atoms with van der Waals surface area (Å²) in [6.07, 6.45) is 6.77. The Morgan fingerprint density at radius 3 is 2.34 bits per heavy atom. The molecule has 29 heavy (non-hydrogen) atoms. The Morgan fingerprint density at radius 2 is 1.62 bits per heavy atom. The number of nitrogens with zero attached hydrogens (tertiary/aromatic N) is 2. The molecule has 0 spiro atoms. The summed E-state index contributed by atoms with van der Waals surface area (Å²) in [6.45, 7) is 0.366. The maximum absolute atomic E-state index is 12.9. The topological polar surface area (TPSA) is 64.1 Å². The van der Waals surface area contributed by atoms with Crippen molar-refractivity contribution in [1.82, 2.24) is 9.97 Å². The van der Waals surface area contributed by atoms with Crippen molar-refractivity contribution in [3.63, 3.8) is 0 Å². The summed E-state index contributed by atoms with van der Waals surface area (Å²) in [5.41, 5.74) is 3.99. The number of pyridine rings is 2. The molecule has 0 saturated carbocycles. The number of nitrogens with one attached hydrogen (secondary N) is 1. The molecule has 2 heterocycles. The van der Waals surface area contributed by atoms with Crippen molar-refractivity contribution in [3.8, 4) is 16.9 Å². The summed E-state index contributed by atoms with van der Waals surface area (Å²) in [5.74, 6) is 0.260. The monoisotopic (exact) mass is 381 g/mol. The van der Waals surface area contributed by atoms with Crippen molar-refractivity contribution in [3.05, 3.63) is 109 Å². The Morgan fingerprint density at radius 1 is 0.828 bits per heavy atom. The molecule has 2 aromatic heterocycles. The zero-order valence-corrected chi connectivity index (χ0v) is 15.7. The first-order valence-electron chi connectivity index (χ1n) is 9.22. The SMILES string of the molecule is O=C(Nc1cccnc1)c1ccc(-c2cccnc2)cc1OCc1ccccc1. The van der Waals surface area contributed by atoms with Gasteiger partial charge in [0.15, 0.2) is 0 Å². The van der Waals surface area contributed by atoms with E-state index in [9.17, 15) is 4.79 Å². The van der Waals surface area contributed by atoms with Gasteiger partial charge in [-0.15, -0.1) is 0 Å². The lowest BCUT2D eigenvalue weighted by atomic mass is 10.0. The summed E-state index contributed by atoms with van der Waals surface area (Å²) in [7, 11) is 0. The van der Waals surface area contributed by atoms with Crippen LogP contribution in [-0.4, -0.2) is 15.9 Å². The van der Waals surface area contributed by atoms with Crippen molar-refractivity contribution in [1.29, 1.82) is 0 Å². The fraction of sp³-hybridized carbons (Fsp3) is 0.0417. The second-order valence-corrected chi connectivity index (χ2v) is 6.42. The van der Waals surface area contributed by atoms with Gasteiger partial charge >= 0.3 is 0 Å². The van der Waals surface area contributed by atoms with Crippen molar-refractivity contribution in [2.24, 2.45) is 0 Å². The summed E-state index contributed by atoms with van der Waals surface area (Å²) in [6, 6.07) is 22.8. The minimum absolute atomic E-state index is 0.251. The lowest BCUT2D eigenvalue weighted by Crippen LogP contribution is -2.14. The molecule has 0 aliphatic rings. The number of ether oxygens (including phenoxy) is 1. The molecular weight excluding hydrogens is 362 g/mol. The van der Waals surface area contributed by atoms with Crippen molar-refractivity contribution < 1.29 is 9.53 Å². The number of carbonyl (C=O) groups excluding carboxylic acids is 1. The fourth-order valence-electron chi connectivity index (χ4n) is 2.91. The predicted molar refractivity (Wildman–Crippen MR) is 113 cm³/mol. The average Bonchev–Trinajstić information content (AvgIpc) is 2.79. The molecular formula is C24H19N3O2. The highest BCUT2D eigenvalue weighted by Crippen LogP contribution is 2.28. The van der Waals surface area contributed by atoms with E-state index in [2.05, 4.69) is 15.3 Å². The van der Waals surface area contributed by atoms with E-state index in [-0.39, 0.29) is 5.91 Å². The molecule has 0 radical (unpaired) electrons. The van der Waals surface area contributed by atoms with Crippen LogP contribution in [0.3, 0.4) is 0 Å². The normalized spacial score (nSPS) is 10.3. The molecule has 0 aliphatic carbocycles. The Kier molecular flexibility index (Phi) is 5.58. The Labute approximate surface area is 169 Å². The van der Waals surface area contributed by atoms with Crippen LogP contribution in [-0.2, 0) is 6.61 Å². The predicted octanol–water partition coefficient (Wildman–Crippen LogP) is 4.97. The molecule has 0 saturated heterocycles. The fourth-order valence-corrected chi connectivity index (χ4v) is 2.91. The van der Waals surface area contributed by atoms with Gasteiger partial charge in [-0.2, -0.15) is 0 Å². The van der Waals surface area contributed by atoms with Gasteiger partial charge in [0.1, 0.15) is 12.4 Å². The molecule has 5 heteroatoms. The summed E-state index contributed by atoms with van der Waals surface area (Å²) in [4.78, 5) is 21.1. The van der Waals surface area contributed by atoms with Gasteiger partial charge in [0.2, 0.25) is 0 Å². The Hall–Kier alpha value is -3.99. The van der Waals surface area contributed by atoms with Crippen LogP contribution in [0.1, 0.15) is 15.9 Å². The van der Waals surface area contributed by atoms with E-state index in [1.54, 1.807) is 43.0 Å². The number of rotatable bonds is 6. The maximum Gasteiger partial charge on any atom is 0.259 e. The molecule has 5 nitrogen and oxygen atoms in total. The highest BCUT2D eigenvalue weighted by molar-refractivity contribution is 6.06. The van der Waals surface area contributed by atoms with Gasteiger partial charge in [0.05, 0.1) is 17.4 Å². The van der Waals surface area contributed by atoms with Crippen LogP contribution in [0, 0.1) is 0 Å². The van der Waals surface area contributed by atoms with Crippen LogP contribution in [0.5, 0.6) is 5.75 Å². The van der Waals surface area contributed by atoms with Crippen LogP contribution >= 0.6 is 0 Å². The second-order valence-electron chi connectivity index (χ2n) is 6.42. The van der Waals surface area contributed by atoms with Gasteiger partial charge in [0.25, 0.3) is 5.91 Å². The van der Waals surface area contributed by atoms with Crippen molar-refractivity contribution in [2.75, 3.05) is 5.32 Å². The van der Waals surface area contributed by atoms with E-state index in [4.69, 9.17) is 4.74 Å². The van der Waals surface area contributed by atoms with Crippen LogP contribution < -0.4 is 10.1 Å². The van der Waals surface area contributed by atoms with E-state index >= 15 is 0 Å². The molecule has 4 aromatic rings. The quantitative estimate of drug-likeness (QED) is 0.512. The number of carbonyl (C=O) groups is 1. The zero-order chi connectivity index (χ0) is 19.9. The van der Waals surface area contributed by atoms with E-state index < -0.39 is 0 Å². The molecule has 0 fully saturated rings. The van der Waals surface area contributed by atoms with Gasteiger partial charge in [-0.05, 0) is 41.5 Å². The molecule has 0 atom stereocenters. The molecule has 0 unspecified atom stereocenters. The minimum atomic E-state index is -0.251. The first-order valence-corrected chi connectivity index (χ1v) is 9.22. The highest BCUT2D eigenvalue weighted by atomic mass is 16.5. The third kappa shape index (κ3) is 4.65. The molecule has 2 aromatic carbocycles. The first-order chi connectivity index (χ1) is 14.3. The average molecular weight is 381 g/mol. The summed E-state index contributed by atoms with van der Waals surface area (Å²) >= 11 is 0. The van der Waals surface area contributed by atoms with Crippen LogP contribution in [0.2, 0.25) is 0 Å². The van der Waals surface area contributed by atoms with Gasteiger partial charge in [-0.25, -0.2) is 0 Å². The van der Waals surface area contributed by atoms with Gasteiger partial charge in [0, 0.05) is 24.2 Å². The van der Waals surface area contributed by atoms with Crippen LogP contribution in [0.15, 0.2) is 97.6 Å². The Bertz CT molecular complexity index is 1080. The highest BCUT2D eigenvalue weighted by Gasteiger charge is 2.15. The smallest absolute Gasteiger partial charge is 0.259 e. The van der Waals surface area contributed by atoms with Crippen molar-refractivity contribution in [2.45, 2.75) is 6.61 Å². The number of anilines is 1. The molecule has 1 N–H and O–H groups in total. The van der Waals surface area contributed by atoms with Crippen LogP contribution in [0.4, 0.5) is 5.69 Å². The molecule has 0 bridgehead atoms. The maximum atomic E-state index is 12.9. The molecule has 1 amide bonds. The first kappa shape index (κ1) is 18.4. The van der Waals surface area contributed by atoms with Gasteiger partial charge < -0.3 is 10.1 Å². The standard InChI is InChI=1S/C24H19N3O2/c28-24(27-21-9-5-13-26-16-21)22-11-10-19(20-8-4-12-25-15-20)14-23(22)29-17-18-6-2-1-3-7-18/h1-16H,17H2,(H,27,28). The number of benzene rings is 2. The third-order valence-electron chi connectivity index (χ3n) is 4.38. The number of hydrogen-bond donors (Lipinski definition) is 1. The number of hydrogen-bond acceptors (Lipinski definition) is 4. The minimum Gasteiger partial charge on any atom is -0.488 e. The summed E-state index contributed by atoms with van der Waals surface area (Å²) in [5, 5.41) is 2.86. The van der Waals surface area contributed by atoms with E-state index in [0.717, 1.165) is 16.7 Å². The molecule has 142 valence electrons. The lowest BCUT2D eigenvalue weighted by molar-refractivity contribution is 0.102. The van der Waals surface area contributed by atoms with Gasteiger partial charge in [-0.1, -0.05) is 42.5 Å². The lowest BCUT2D eigenvalue weighted by Gasteiger charge is -2.14. The van der Waals surface area contributed by atoms with Crippen LogP contribution in [0.25, 0.3) is 11.1 Å². The van der Waals surface area contributed by atoms with E-state index in [1.165, 1.54) is 0 Å². The number of aromatic nitrogens is 2. The molecule has 0 aliphatic heterocycles. The molecule has 4 rings (SSSR count). The number of amides is 1. The second kappa shape index (κ2) is 8.80. The summed E-state index contributed by atoms with van der Waals surface area (Å²) < 4.78 is 6.05. The van der Waals surface area contributed by atoms with Crippen molar-refractivity contribution >= 4 is 11.6 Å². The van der Waals surface area contributed by atoms with Gasteiger partial charge in [-0.3, -0.25) is 14.8 Å². The van der Waals surface area contributed by atoms with E-state index in [0.29, 0.717) is 23.6 Å². The third-order valence-corrected chi connectivity index (χ3v) is 4.38. The largest absolute Gasteiger partial charge is 0.488 e.